The normalized spacial score (nSPS) is 21.9. The minimum Gasteiger partial charge on any atom is -0.297 e. The van der Waals surface area contributed by atoms with E-state index in [0.717, 1.165) is 5.56 Å². The molecular formula is C18H21N3O5S. The van der Waals surface area contributed by atoms with Crippen LogP contribution in [0.4, 0.5) is 5.69 Å². The molecule has 3 atom stereocenters. The fourth-order valence-corrected chi connectivity index (χ4v) is 5.00. The van der Waals surface area contributed by atoms with E-state index in [1.54, 1.807) is 32.2 Å². The maximum Gasteiger partial charge on any atom is 0.274 e. The minimum atomic E-state index is -3.82. The molecule has 0 aromatic heterocycles. The Kier molecular flexibility index (Phi) is 5.56. The van der Waals surface area contributed by atoms with Crippen LogP contribution in [0.15, 0.2) is 54.6 Å². The molecule has 9 heteroatoms. The van der Waals surface area contributed by atoms with Crippen molar-refractivity contribution in [2.24, 2.45) is 0 Å². The third-order valence-electron chi connectivity index (χ3n) is 4.68. The van der Waals surface area contributed by atoms with Crippen LogP contribution in [0.5, 0.6) is 0 Å². The molecule has 0 bridgehead atoms. The first kappa shape index (κ1) is 19.4. The standard InChI is InChI=1S/C18H21N3O5S/c1-13(14-8-4-3-5-9-14)19-27(24,25)17-12-26-20(2)18(17)15-10-6-7-11-16(15)21(22)23/h3-11,13,17-19H,12H2,1-2H3/t13-,17+,18-/m0/s1. The summed E-state index contributed by atoms with van der Waals surface area (Å²) in [5.74, 6) is 0. The molecular weight excluding hydrogens is 370 g/mol. The van der Waals surface area contributed by atoms with Gasteiger partial charge in [0.15, 0.2) is 0 Å². The van der Waals surface area contributed by atoms with Crippen molar-refractivity contribution < 1.29 is 18.2 Å². The number of benzene rings is 2. The molecule has 0 saturated carbocycles. The van der Waals surface area contributed by atoms with Gasteiger partial charge in [-0.15, -0.1) is 0 Å². The summed E-state index contributed by atoms with van der Waals surface area (Å²) in [6.45, 7) is 1.68. The molecule has 0 spiro atoms. The van der Waals surface area contributed by atoms with Crippen LogP contribution in [-0.2, 0) is 14.9 Å². The van der Waals surface area contributed by atoms with Gasteiger partial charge in [-0.3, -0.25) is 15.0 Å². The smallest absolute Gasteiger partial charge is 0.274 e. The van der Waals surface area contributed by atoms with Gasteiger partial charge in [0.2, 0.25) is 10.0 Å². The lowest BCUT2D eigenvalue weighted by Gasteiger charge is -2.24. The van der Waals surface area contributed by atoms with Gasteiger partial charge in [0.25, 0.3) is 5.69 Å². The zero-order valence-electron chi connectivity index (χ0n) is 15.0. The first-order valence-electron chi connectivity index (χ1n) is 8.46. The number of nitrogens with zero attached hydrogens (tertiary/aromatic N) is 2. The van der Waals surface area contributed by atoms with E-state index in [4.69, 9.17) is 4.84 Å². The second-order valence-corrected chi connectivity index (χ2v) is 8.37. The van der Waals surface area contributed by atoms with Gasteiger partial charge in [-0.05, 0) is 12.5 Å². The highest BCUT2D eigenvalue weighted by atomic mass is 32.2. The van der Waals surface area contributed by atoms with E-state index in [2.05, 4.69) is 4.72 Å². The van der Waals surface area contributed by atoms with Crippen molar-refractivity contribution in [1.29, 1.82) is 0 Å². The summed E-state index contributed by atoms with van der Waals surface area (Å²) < 4.78 is 28.8. The second-order valence-electron chi connectivity index (χ2n) is 6.44. The highest BCUT2D eigenvalue weighted by Gasteiger charge is 2.45. The zero-order chi connectivity index (χ0) is 19.6. The number of hydroxylamine groups is 2. The van der Waals surface area contributed by atoms with Crippen LogP contribution in [0.1, 0.15) is 30.1 Å². The van der Waals surface area contributed by atoms with Crippen molar-refractivity contribution in [3.05, 3.63) is 75.8 Å². The first-order chi connectivity index (χ1) is 12.8. The number of hydrogen-bond acceptors (Lipinski definition) is 6. The minimum absolute atomic E-state index is 0.0793. The summed E-state index contributed by atoms with van der Waals surface area (Å²) in [4.78, 5) is 16.3. The van der Waals surface area contributed by atoms with Crippen molar-refractivity contribution in [3.63, 3.8) is 0 Å². The van der Waals surface area contributed by atoms with Crippen LogP contribution in [-0.4, -0.2) is 37.3 Å². The number of hydrogen-bond donors (Lipinski definition) is 1. The Morgan fingerprint density at radius 2 is 1.81 bits per heavy atom. The quantitative estimate of drug-likeness (QED) is 0.600. The molecule has 2 aromatic rings. The number of nitro benzene ring substituents is 1. The predicted octanol–water partition coefficient (Wildman–Crippen LogP) is 2.56. The summed E-state index contributed by atoms with van der Waals surface area (Å²) in [6, 6.07) is 14.1. The second kappa shape index (κ2) is 7.73. The highest BCUT2D eigenvalue weighted by molar-refractivity contribution is 7.90. The zero-order valence-corrected chi connectivity index (χ0v) is 15.8. The lowest BCUT2D eigenvalue weighted by Crippen LogP contribution is -2.40. The third-order valence-corrected chi connectivity index (χ3v) is 6.55. The molecule has 0 amide bonds. The van der Waals surface area contributed by atoms with Gasteiger partial charge in [-0.25, -0.2) is 13.1 Å². The molecule has 1 heterocycles. The predicted molar refractivity (Wildman–Crippen MR) is 100 cm³/mol. The van der Waals surface area contributed by atoms with Gasteiger partial charge in [-0.1, -0.05) is 48.5 Å². The Morgan fingerprint density at radius 3 is 2.48 bits per heavy atom. The average molecular weight is 391 g/mol. The molecule has 1 fully saturated rings. The summed E-state index contributed by atoms with van der Waals surface area (Å²) in [6.07, 6.45) is 0. The van der Waals surface area contributed by atoms with Crippen LogP contribution in [0.3, 0.4) is 0 Å². The Hall–Kier alpha value is -2.33. The van der Waals surface area contributed by atoms with E-state index in [1.165, 1.54) is 11.1 Å². The molecule has 3 rings (SSSR count). The summed E-state index contributed by atoms with van der Waals surface area (Å²) >= 11 is 0. The fourth-order valence-electron chi connectivity index (χ4n) is 3.30. The van der Waals surface area contributed by atoms with Gasteiger partial charge < -0.3 is 0 Å². The Bertz CT molecular complexity index is 920. The number of rotatable bonds is 6. The third kappa shape index (κ3) is 4.01. The summed E-state index contributed by atoms with van der Waals surface area (Å²) in [5, 5.41) is 11.8. The van der Waals surface area contributed by atoms with Crippen LogP contribution < -0.4 is 4.72 Å². The van der Waals surface area contributed by atoms with E-state index in [9.17, 15) is 18.5 Å². The Balaban J connectivity index is 1.92. The van der Waals surface area contributed by atoms with Crippen molar-refractivity contribution >= 4 is 15.7 Å². The number of para-hydroxylation sites is 1. The van der Waals surface area contributed by atoms with E-state index in [-0.39, 0.29) is 12.3 Å². The number of sulfonamides is 1. The Labute approximate surface area is 157 Å². The van der Waals surface area contributed by atoms with Gasteiger partial charge in [0.05, 0.1) is 23.1 Å². The molecule has 1 aliphatic rings. The summed E-state index contributed by atoms with van der Waals surface area (Å²) in [7, 11) is -2.24. The monoisotopic (exact) mass is 391 g/mol. The topological polar surface area (TPSA) is 102 Å². The van der Waals surface area contributed by atoms with Gasteiger partial charge in [0.1, 0.15) is 5.25 Å². The fraction of sp³-hybridized carbons (Fsp3) is 0.333. The molecule has 1 N–H and O–H groups in total. The first-order valence-corrected chi connectivity index (χ1v) is 10.0. The van der Waals surface area contributed by atoms with Gasteiger partial charge in [-0.2, -0.15) is 5.06 Å². The van der Waals surface area contributed by atoms with Crippen LogP contribution in [0.2, 0.25) is 0 Å². The lowest BCUT2D eigenvalue weighted by molar-refractivity contribution is -0.386. The van der Waals surface area contributed by atoms with E-state index in [0.29, 0.717) is 5.56 Å². The number of nitro groups is 1. The van der Waals surface area contributed by atoms with E-state index in [1.807, 2.05) is 30.3 Å². The van der Waals surface area contributed by atoms with Crippen molar-refractivity contribution in [2.45, 2.75) is 24.3 Å². The van der Waals surface area contributed by atoms with E-state index < -0.39 is 32.3 Å². The van der Waals surface area contributed by atoms with Crippen LogP contribution in [0, 0.1) is 10.1 Å². The van der Waals surface area contributed by atoms with Crippen molar-refractivity contribution in [3.8, 4) is 0 Å². The highest BCUT2D eigenvalue weighted by Crippen LogP contribution is 2.38. The van der Waals surface area contributed by atoms with Gasteiger partial charge in [0, 0.05) is 19.2 Å². The number of nitrogens with one attached hydrogen (secondary N) is 1. The molecule has 0 unspecified atom stereocenters. The summed E-state index contributed by atoms with van der Waals surface area (Å²) in [5.41, 5.74) is 1.01. The molecule has 144 valence electrons. The maximum atomic E-state index is 13.0. The molecule has 27 heavy (non-hydrogen) atoms. The van der Waals surface area contributed by atoms with E-state index >= 15 is 0 Å². The van der Waals surface area contributed by atoms with Crippen molar-refractivity contribution in [1.82, 2.24) is 9.79 Å². The SMILES string of the molecule is C[C@H](NS(=O)(=O)[C@@H]1CON(C)[C@H]1c1ccccc1[N+](=O)[O-])c1ccccc1. The molecule has 0 aliphatic carbocycles. The molecule has 1 aliphatic heterocycles. The average Bonchev–Trinajstić information content (AvgIpc) is 3.04. The van der Waals surface area contributed by atoms with Crippen LogP contribution in [0.25, 0.3) is 0 Å². The molecule has 2 aromatic carbocycles. The largest absolute Gasteiger partial charge is 0.297 e. The molecule has 1 saturated heterocycles. The maximum absolute atomic E-state index is 13.0. The Morgan fingerprint density at radius 1 is 1.19 bits per heavy atom. The van der Waals surface area contributed by atoms with Crippen molar-refractivity contribution in [2.75, 3.05) is 13.7 Å². The van der Waals surface area contributed by atoms with Crippen LogP contribution >= 0.6 is 0 Å². The molecule has 0 radical (unpaired) electrons. The lowest BCUT2D eigenvalue weighted by atomic mass is 10.0. The molecule has 8 nitrogen and oxygen atoms in total. The van der Waals surface area contributed by atoms with Gasteiger partial charge >= 0.3 is 0 Å².